The normalized spacial score (nSPS) is 19.6. The Morgan fingerprint density at radius 2 is 1.70 bits per heavy atom. The van der Waals surface area contributed by atoms with E-state index in [0.29, 0.717) is 24.3 Å². The lowest BCUT2D eigenvalue weighted by molar-refractivity contribution is -0.121. The molecule has 2 aromatic carbocycles. The highest BCUT2D eigenvalue weighted by atomic mass is 19.1. The van der Waals surface area contributed by atoms with Crippen molar-refractivity contribution < 1.29 is 14.0 Å². The van der Waals surface area contributed by atoms with Crippen molar-refractivity contribution >= 4 is 17.5 Å². The third-order valence-electron chi connectivity index (χ3n) is 6.00. The summed E-state index contributed by atoms with van der Waals surface area (Å²) in [4.78, 5) is 29.9. The first-order valence-electron chi connectivity index (χ1n) is 10.8. The Labute approximate surface area is 176 Å². The molecule has 5 nitrogen and oxygen atoms in total. The molecule has 2 amide bonds. The Morgan fingerprint density at radius 1 is 0.967 bits per heavy atom. The molecule has 0 unspecified atom stereocenters. The van der Waals surface area contributed by atoms with Crippen molar-refractivity contribution in [1.29, 1.82) is 0 Å². The van der Waals surface area contributed by atoms with Crippen molar-refractivity contribution in [2.75, 3.05) is 31.5 Å². The van der Waals surface area contributed by atoms with Gasteiger partial charge in [0.05, 0.1) is 17.2 Å². The highest BCUT2D eigenvalue weighted by Crippen LogP contribution is 2.24. The minimum Gasteiger partial charge on any atom is -0.339 e. The van der Waals surface area contributed by atoms with Gasteiger partial charge >= 0.3 is 0 Å². The molecular formula is C24H28FN3O2. The SMILES string of the molecule is O=C(Nc1ccccc1C(=O)N1CCCC1)[C@@H]1CCCN(Cc2ccc(F)cc2)C1. The fraction of sp³-hybridized carbons (Fsp3) is 0.417. The monoisotopic (exact) mass is 409 g/mol. The maximum absolute atomic E-state index is 13.1. The van der Waals surface area contributed by atoms with Crippen LogP contribution in [0.5, 0.6) is 0 Å². The van der Waals surface area contributed by atoms with Crippen molar-refractivity contribution in [2.24, 2.45) is 5.92 Å². The van der Waals surface area contributed by atoms with E-state index in [1.54, 1.807) is 24.3 Å². The summed E-state index contributed by atoms with van der Waals surface area (Å²) in [5.41, 5.74) is 2.20. The molecule has 1 N–H and O–H groups in total. The molecule has 2 aliphatic heterocycles. The van der Waals surface area contributed by atoms with Gasteiger partial charge in [0.25, 0.3) is 5.91 Å². The Kier molecular flexibility index (Phi) is 6.43. The number of anilines is 1. The number of para-hydroxylation sites is 1. The summed E-state index contributed by atoms with van der Waals surface area (Å²) in [6.07, 6.45) is 3.83. The molecule has 30 heavy (non-hydrogen) atoms. The molecule has 0 bridgehead atoms. The number of carbonyl (C=O) groups excluding carboxylic acids is 2. The van der Waals surface area contributed by atoms with Crippen LogP contribution in [0.2, 0.25) is 0 Å². The maximum Gasteiger partial charge on any atom is 0.255 e. The van der Waals surface area contributed by atoms with Gasteiger partial charge in [0, 0.05) is 26.2 Å². The van der Waals surface area contributed by atoms with E-state index in [4.69, 9.17) is 0 Å². The lowest BCUT2D eigenvalue weighted by atomic mass is 9.96. The second kappa shape index (κ2) is 9.39. The summed E-state index contributed by atoms with van der Waals surface area (Å²) in [6, 6.07) is 13.8. The van der Waals surface area contributed by atoms with Crippen molar-refractivity contribution in [3.05, 3.63) is 65.5 Å². The summed E-state index contributed by atoms with van der Waals surface area (Å²) >= 11 is 0. The summed E-state index contributed by atoms with van der Waals surface area (Å²) in [7, 11) is 0. The van der Waals surface area contributed by atoms with Gasteiger partial charge in [-0.3, -0.25) is 14.5 Å². The van der Waals surface area contributed by atoms with Gasteiger partial charge in [-0.25, -0.2) is 4.39 Å². The van der Waals surface area contributed by atoms with Gasteiger partial charge in [0.15, 0.2) is 0 Å². The number of likely N-dealkylation sites (tertiary alicyclic amines) is 2. The van der Waals surface area contributed by atoms with Crippen LogP contribution in [0.15, 0.2) is 48.5 Å². The van der Waals surface area contributed by atoms with Crippen LogP contribution < -0.4 is 5.32 Å². The standard InChI is InChI=1S/C24H28FN3O2/c25-20-11-9-18(10-12-20)16-27-13-5-6-19(17-27)23(29)26-22-8-2-1-7-21(22)24(30)28-14-3-4-15-28/h1-2,7-12,19H,3-6,13-17H2,(H,26,29)/t19-/m1/s1. The van der Waals surface area contributed by atoms with Crippen LogP contribution in [-0.4, -0.2) is 47.8 Å². The molecule has 2 fully saturated rings. The van der Waals surface area contributed by atoms with Crippen LogP contribution in [0.1, 0.15) is 41.6 Å². The molecule has 2 aromatic rings. The Hall–Kier alpha value is -2.73. The molecule has 158 valence electrons. The number of nitrogens with zero attached hydrogens (tertiary/aromatic N) is 2. The molecule has 2 heterocycles. The zero-order chi connectivity index (χ0) is 20.9. The van der Waals surface area contributed by atoms with Crippen LogP contribution in [0.3, 0.4) is 0 Å². The molecule has 4 rings (SSSR count). The van der Waals surface area contributed by atoms with Gasteiger partial charge in [-0.2, -0.15) is 0 Å². The van der Waals surface area contributed by atoms with Crippen molar-refractivity contribution in [2.45, 2.75) is 32.2 Å². The Balaban J connectivity index is 1.40. The van der Waals surface area contributed by atoms with Gasteiger partial charge in [0.1, 0.15) is 5.82 Å². The molecule has 1 atom stereocenters. The third-order valence-corrected chi connectivity index (χ3v) is 6.00. The highest BCUT2D eigenvalue weighted by Gasteiger charge is 2.28. The average Bonchev–Trinajstić information content (AvgIpc) is 3.30. The number of benzene rings is 2. The summed E-state index contributed by atoms with van der Waals surface area (Å²) in [6.45, 7) is 3.84. The lowest BCUT2D eigenvalue weighted by Crippen LogP contribution is -2.40. The van der Waals surface area contributed by atoms with E-state index in [2.05, 4.69) is 10.2 Å². The van der Waals surface area contributed by atoms with E-state index in [9.17, 15) is 14.0 Å². The van der Waals surface area contributed by atoms with E-state index >= 15 is 0 Å². The number of carbonyl (C=O) groups is 2. The Bertz CT molecular complexity index is 894. The zero-order valence-corrected chi connectivity index (χ0v) is 17.1. The summed E-state index contributed by atoms with van der Waals surface area (Å²) in [5, 5.41) is 3.01. The highest BCUT2D eigenvalue weighted by molar-refractivity contribution is 6.04. The van der Waals surface area contributed by atoms with E-state index in [0.717, 1.165) is 50.9 Å². The van der Waals surface area contributed by atoms with Crippen LogP contribution >= 0.6 is 0 Å². The summed E-state index contributed by atoms with van der Waals surface area (Å²) < 4.78 is 13.1. The molecule has 0 radical (unpaired) electrons. The third kappa shape index (κ3) is 4.87. The van der Waals surface area contributed by atoms with E-state index in [1.165, 1.54) is 12.1 Å². The maximum atomic E-state index is 13.1. The number of halogens is 1. The molecule has 0 saturated carbocycles. The minimum atomic E-state index is -0.239. The molecule has 2 saturated heterocycles. The quantitative estimate of drug-likeness (QED) is 0.815. The van der Waals surface area contributed by atoms with Crippen LogP contribution in [0, 0.1) is 11.7 Å². The predicted molar refractivity (Wildman–Crippen MR) is 115 cm³/mol. The zero-order valence-electron chi connectivity index (χ0n) is 17.1. The average molecular weight is 410 g/mol. The van der Waals surface area contributed by atoms with Gasteiger partial charge < -0.3 is 10.2 Å². The van der Waals surface area contributed by atoms with Gasteiger partial charge in [0.2, 0.25) is 5.91 Å². The first kappa shape index (κ1) is 20.5. The summed E-state index contributed by atoms with van der Waals surface area (Å²) in [5.74, 6) is -0.420. The van der Waals surface area contributed by atoms with Gasteiger partial charge in [-0.05, 0) is 62.1 Å². The topological polar surface area (TPSA) is 52.7 Å². The fourth-order valence-corrected chi connectivity index (χ4v) is 4.37. The number of hydrogen-bond donors (Lipinski definition) is 1. The van der Waals surface area contributed by atoms with Crippen LogP contribution in [-0.2, 0) is 11.3 Å². The van der Waals surface area contributed by atoms with Gasteiger partial charge in [-0.1, -0.05) is 24.3 Å². The molecule has 0 aromatic heterocycles. The number of hydrogen-bond acceptors (Lipinski definition) is 3. The van der Waals surface area contributed by atoms with Gasteiger partial charge in [-0.15, -0.1) is 0 Å². The molecular weight excluding hydrogens is 381 g/mol. The lowest BCUT2D eigenvalue weighted by Gasteiger charge is -2.32. The molecule has 2 aliphatic rings. The van der Waals surface area contributed by atoms with E-state index in [1.807, 2.05) is 17.0 Å². The number of amides is 2. The minimum absolute atomic E-state index is 0.00928. The first-order valence-corrected chi connectivity index (χ1v) is 10.8. The second-order valence-corrected chi connectivity index (χ2v) is 8.23. The van der Waals surface area contributed by atoms with E-state index in [-0.39, 0.29) is 23.5 Å². The van der Waals surface area contributed by atoms with Crippen molar-refractivity contribution in [3.8, 4) is 0 Å². The smallest absolute Gasteiger partial charge is 0.255 e. The van der Waals surface area contributed by atoms with E-state index < -0.39 is 0 Å². The van der Waals surface area contributed by atoms with Crippen LogP contribution in [0.4, 0.5) is 10.1 Å². The first-order chi connectivity index (χ1) is 14.6. The second-order valence-electron chi connectivity index (χ2n) is 8.23. The number of nitrogens with one attached hydrogen (secondary N) is 1. The Morgan fingerprint density at radius 3 is 2.47 bits per heavy atom. The molecule has 0 spiro atoms. The molecule has 0 aliphatic carbocycles. The molecule has 6 heteroatoms. The van der Waals surface area contributed by atoms with Crippen LogP contribution in [0.25, 0.3) is 0 Å². The number of piperidine rings is 1. The number of rotatable bonds is 5. The fourth-order valence-electron chi connectivity index (χ4n) is 4.37. The largest absolute Gasteiger partial charge is 0.339 e. The van der Waals surface area contributed by atoms with Crippen molar-refractivity contribution in [3.63, 3.8) is 0 Å². The van der Waals surface area contributed by atoms with Crippen molar-refractivity contribution in [1.82, 2.24) is 9.80 Å². The predicted octanol–water partition coefficient (Wildman–Crippen LogP) is 3.91.